The summed E-state index contributed by atoms with van der Waals surface area (Å²) in [5.74, 6) is 0. The number of nitrogens with zero attached hydrogens (tertiary/aromatic N) is 3. The van der Waals surface area contributed by atoms with Crippen LogP contribution in [0, 0.1) is 13.8 Å². The van der Waals surface area contributed by atoms with E-state index in [1.807, 2.05) is 37.3 Å². The molecule has 0 radical (unpaired) electrons. The molecule has 0 bridgehead atoms. The third-order valence-corrected chi connectivity index (χ3v) is 5.32. The van der Waals surface area contributed by atoms with Crippen LogP contribution in [0.15, 0.2) is 46.1 Å². The summed E-state index contributed by atoms with van der Waals surface area (Å²) in [5.41, 5.74) is 1.93. The van der Waals surface area contributed by atoms with Crippen molar-refractivity contribution in [2.75, 3.05) is 6.61 Å². The van der Waals surface area contributed by atoms with E-state index in [0.29, 0.717) is 5.56 Å². The van der Waals surface area contributed by atoms with E-state index in [1.54, 1.807) is 6.92 Å². The maximum Gasteiger partial charge on any atom is 0.333 e. The lowest BCUT2D eigenvalue weighted by Crippen LogP contribution is -2.42. The van der Waals surface area contributed by atoms with Gasteiger partial charge in [-0.2, -0.15) is 0 Å². The Bertz CT molecular complexity index is 1180. The molecule has 4 rings (SSSR count). The van der Waals surface area contributed by atoms with Crippen LogP contribution in [0.5, 0.6) is 0 Å². The molecule has 3 atom stereocenters. The Kier molecular flexibility index (Phi) is 5.08. The highest BCUT2D eigenvalue weighted by Crippen LogP contribution is 2.27. The second kappa shape index (κ2) is 7.55. The van der Waals surface area contributed by atoms with E-state index < -0.39 is 24.1 Å². The number of rotatable bonds is 4. The number of fused-ring (bicyclic) bond motifs is 1. The highest BCUT2D eigenvalue weighted by Gasteiger charge is 2.35. The van der Waals surface area contributed by atoms with Crippen molar-refractivity contribution in [3.05, 3.63) is 74.2 Å². The van der Waals surface area contributed by atoms with Gasteiger partial charge in [0.15, 0.2) is 0 Å². The zero-order chi connectivity index (χ0) is 20.7. The molecule has 0 amide bonds. The smallest absolute Gasteiger partial charge is 0.333 e. The summed E-state index contributed by atoms with van der Waals surface area (Å²) in [4.78, 5) is 30.4. The fourth-order valence-corrected chi connectivity index (χ4v) is 3.85. The van der Waals surface area contributed by atoms with E-state index >= 15 is 0 Å². The summed E-state index contributed by atoms with van der Waals surface area (Å²) in [7, 11) is 0. The fraction of sp³-hybridized carbons (Fsp3) is 0.381. The van der Waals surface area contributed by atoms with Crippen molar-refractivity contribution in [2.45, 2.75) is 45.2 Å². The molecule has 2 N–H and O–H groups in total. The number of aliphatic hydroxyl groups is 2. The second-order valence-electron chi connectivity index (χ2n) is 7.45. The lowest BCUT2D eigenvalue weighted by molar-refractivity contribution is -0.0463. The molecule has 8 heteroatoms. The summed E-state index contributed by atoms with van der Waals surface area (Å²) < 4.78 is 8.12. The van der Waals surface area contributed by atoms with Gasteiger partial charge in [0.1, 0.15) is 12.3 Å². The average molecular weight is 397 g/mol. The first-order chi connectivity index (χ1) is 13.9. The Morgan fingerprint density at radius 1 is 1.24 bits per heavy atom. The molecular weight excluding hydrogens is 374 g/mol. The average Bonchev–Trinajstić information content (AvgIpc) is 3.08. The predicted molar refractivity (Wildman–Crippen MR) is 107 cm³/mol. The van der Waals surface area contributed by atoms with Crippen molar-refractivity contribution in [1.29, 1.82) is 0 Å². The van der Waals surface area contributed by atoms with Crippen molar-refractivity contribution in [2.24, 2.45) is 0 Å². The summed E-state index contributed by atoms with van der Waals surface area (Å²) in [5, 5.41) is 20.2. The van der Waals surface area contributed by atoms with Gasteiger partial charge in [-0.1, -0.05) is 18.2 Å². The lowest BCUT2D eigenvalue weighted by atomic mass is 10.1. The third kappa shape index (κ3) is 3.50. The Labute approximate surface area is 166 Å². The van der Waals surface area contributed by atoms with Crippen LogP contribution in [-0.4, -0.2) is 43.1 Å². The van der Waals surface area contributed by atoms with E-state index in [9.17, 15) is 19.8 Å². The normalized spacial score (nSPS) is 21.7. The molecule has 1 fully saturated rings. The van der Waals surface area contributed by atoms with Crippen molar-refractivity contribution < 1.29 is 14.9 Å². The Balaban J connectivity index is 1.81. The summed E-state index contributed by atoms with van der Waals surface area (Å²) in [6.07, 6.45) is -0.742. The van der Waals surface area contributed by atoms with Gasteiger partial charge in [0.05, 0.1) is 24.8 Å². The Morgan fingerprint density at radius 2 is 2.00 bits per heavy atom. The van der Waals surface area contributed by atoms with E-state index in [0.717, 1.165) is 22.2 Å². The number of aryl methyl sites for hydroxylation is 2. The molecular formula is C21H23N3O5. The van der Waals surface area contributed by atoms with E-state index in [1.165, 1.54) is 15.3 Å². The molecule has 3 heterocycles. The minimum Gasteiger partial charge on any atom is -0.394 e. The number of para-hydroxylation sites is 1. The first-order valence-electron chi connectivity index (χ1n) is 9.51. The number of hydrogen-bond donors (Lipinski definition) is 2. The van der Waals surface area contributed by atoms with Crippen LogP contribution in [0.2, 0.25) is 0 Å². The molecule has 0 spiro atoms. The van der Waals surface area contributed by atoms with E-state index in [2.05, 4.69) is 4.98 Å². The monoisotopic (exact) mass is 397 g/mol. The van der Waals surface area contributed by atoms with Crippen LogP contribution < -0.4 is 11.2 Å². The van der Waals surface area contributed by atoms with Gasteiger partial charge in [-0.25, -0.2) is 4.79 Å². The number of ether oxygens (including phenoxy) is 1. The van der Waals surface area contributed by atoms with Crippen LogP contribution in [0.3, 0.4) is 0 Å². The van der Waals surface area contributed by atoms with Gasteiger partial charge >= 0.3 is 5.69 Å². The molecule has 8 nitrogen and oxygen atoms in total. The Hall–Kier alpha value is -2.81. The van der Waals surface area contributed by atoms with Gasteiger partial charge in [0.25, 0.3) is 5.56 Å². The molecule has 1 saturated heterocycles. The largest absolute Gasteiger partial charge is 0.394 e. The van der Waals surface area contributed by atoms with Gasteiger partial charge in [0.2, 0.25) is 0 Å². The minimum atomic E-state index is -0.871. The molecule has 29 heavy (non-hydrogen) atoms. The van der Waals surface area contributed by atoms with Crippen LogP contribution in [0.1, 0.15) is 29.5 Å². The SMILES string of the molecule is Cc1cc(Cn2c(=O)c(C)cn([C@@H]3C[C@H](O)[C@@H](CO)O3)c2=O)c2ccccc2n1. The number of benzene rings is 1. The quantitative estimate of drug-likeness (QED) is 0.676. The number of aromatic nitrogens is 3. The molecule has 2 aromatic heterocycles. The highest BCUT2D eigenvalue weighted by molar-refractivity contribution is 5.82. The first-order valence-corrected chi connectivity index (χ1v) is 9.51. The van der Waals surface area contributed by atoms with Crippen LogP contribution >= 0.6 is 0 Å². The standard InChI is InChI=1S/C21H23N3O5/c1-12-9-23(19-8-17(26)18(11-25)29-19)21(28)24(20(12)27)10-14-7-13(2)22-16-6-4-3-5-15(14)16/h3-7,9,17-19,25-26H,8,10-11H2,1-2H3/t17-,18+,19-/m0/s1. The van der Waals surface area contributed by atoms with Crippen LogP contribution in [-0.2, 0) is 11.3 Å². The lowest BCUT2D eigenvalue weighted by Gasteiger charge is -2.18. The molecule has 0 aliphatic carbocycles. The second-order valence-corrected chi connectivity index (χ2v) is 7.45. The van der Waals surface area contributed by atoms with Crippen LogP contribution in [0.25, 0.3) is 10.9 Å². The van der Waals surface area contributed by atoms with Crippen molar-refractivity contribution in [3.63, 3.8) is 0 Å². The molecule has 152 valence electrons. The van der Waals surface area contributed by atoms with Crippen molar-refractivity contribution >= 4 is 10.9 Å². The van der Waals surface area contributed by atoms with Crippen LogP contribution in [0.4, 0.5) is 0 Å². The zero-order valence-electron chi connectivity index (χ0n) is 16.3. The molecule has 0 unspecified atom stereocenters. The molecule has 0 saturated carbocycles. The first kappa shape index (κ1) is 19.5. The number of hydrogen-bond acceptors (Lipinski definition) is 6. The number of pyridine rings is 1. The van der Waals surface area contributed by atoms with Crippen molar-refractivity contribution in [1.82, 2.24) is 14.1 Å². The molecule has 3 aromatic rings. The van der Waals surface area contributed by atoms with Gasteiger partial charge in [0, 0.05) is 29.3 Å². The maximum absolute atomic E-state index is 13.1. The minimum absolute atomic E-state index is 0.0991. The topological polar surface area (TPSA) is 107 Å². The number of aliphatic hydroxyl groups excluding tert-OH is 2. The maximum atomic E-state index is 13.1. The highest BCUT2D eigenvalue weighted by atomic mass is 16.5. The zero-order valence-corrected chi connectivity index (χ0v) is 16.3. The van der Waals surface area contributed by atoms with Gasteiger partial charge in [-0.15, -0.1) is 0 Å². The van der Waals surface area contributed by atoms with Crippen molar-refractivity contribution in [3.8, 4) is 0 Å². The van der Waals surface area contributed by atoms with Gasteiger partial charge < -0.3 is 14.9 Å². The predicted octanol–water partition coefficient (Wildman–Crippen LogP) is 0.864. The molecule has 1 aliphatic heterocycles. The summed E-state index contributed by atoms with van der Waals surface area (Å²) in [6.45, 7) is 3.27. The summed E-state index contributed by atoms with van der Waals surface area (Å²) >= 11 is 0. The Morgan fingerprint density at radius 3 is 2.72 bits per heavy atom. The van der Waals surface area contributed by atoms with Gasteiger partial charge in [-0.05, 0) is 31.5 Å². The fourth-order valence-electron chi connectivity index (χ4n) is 3.85. The summed E-state index contributed by atoms with van der Waals surface area (Å²) in [6, 6.07) is 9.47. The van der Waals surface area contributed by atoms with E-state index in [4.69, 9.17) is 4.74 Å². The van der Waals surface area contributed by atoms with Gasteiger partial charge in [-0.3, -0.25) is 18.9 Å². The molecule has 1 aromatic carbocycles. The van der Waals surface area contributed by atoms with E-state index in [-0.39, 0.29) is 25.1 Å². The molecule has 1 aliphatic rings. The third-order valence-electron chi connectivity index (χ3n) is 5.32.